The zero-order chi connectivity index (χ0) is 20.6. The molecule has 1 amide bonds. The number of aromatic nitrogens is 4. The Bertz CT molecular complexity index is 1090. The SMILES string of the molecule is Cc1c(C(=O)NC2(C)CCCCC2C(=O)O)nnn1-c1cccc2cnccc12. The van der Waals surface area contributed by atoms with Crippen LogP contribution in [0, 0.1) is 12.8 Å². The molecule has 8 nitrogen and oxygen atoms in total. The standard InChI is InChI=1S/C21H23N5O3/c1-13-18(19(27)23-21(2)10-4-3-7-16(21)20(28)29)24-25-26(13)17-8-5-6-14-12-22-11-9-15(14)17/h5-6,8-9,11-12,16H,3-4,7,10H2,1-2H3,(H,23,27)(H,28,29). The minimum Gasteiger partial charge on any atom is -0.481 e. The molecule has 0 spiro atoms. The number of pyridine rings is 1. The van der Waals surface area contributed by atoms with E-state index in [1.54, 1.807) is 30.9 Å². The van der Waals surface area contributed by atoms with Crippen LogP contribution in [0.5, 0.6) is 0 Å². The summed E-state index contributed by atoms with van der Waals surface area (Å²) in [5.41, 5.74) is 0.800. The molecule has 2 atom stereocenters. The quantitative estimate of drug-likeness (QED) is 0.705. The zero-order valence-corrected chi connectivity index (χ0v) is 16.4. The van der Waals surface area contributed by atoms with Crippen molar-refractivity contribution in [3.63, 3.8) is 0 Å². The smallest absolute Gasteiger partial charge is 0.308 e. The van der Waals surface area contributed by atoms with Gasteiger partial charge in [0.1, 0.15) is 0 Å². The fourth-order valence-corrected chi connectivity index (χ4v) is 4.26. The molecule has 8 heteroatoms. The van der Waals surface area contributed by atoms with Gasteiger partial charge in [-0.15, -0.1) is 5.10 Å². The number of nitrogens with zero attached hydrogens (tertiary/aromatic N) is 4. The lowest BCUT2D eigenvalue weighted by atomic mass is 9.74. The van der Waals surface area contributed by atoms with Gasteiger partial charge < -0.3 is 10.4 Å². The first-order valence-corrected chi connectivity index (χ1v) is 9.71. The van der Waals surface area contributed by atoms with E-state index >= 15 is 0 Å². The number of carbonyl (C=O) groups is 2. The van der Waals surface area contributed by atoms with Gasteiger partial charge in [-0.1, -0.05) is 30.2 Å². The van der Waals surface area contributed by atoms with Crippen LogP contribution in [-0.4, -0.2) is 42.5 Å². The van der Waals surface area contributed by atoms with Crippen molar-refractivity contribution in [3.05, 3.63) is 48.0 Å². The molecule has 2 unspecified atom stereocenters. The van der Waals surface area contributed by atoms with Crippen LogP contribution in [0.1, 0.15) is 48.8 Å². The van der Waals surface area contributed by atoms with Gasteiger partial charge in [-0.3, -0.25) is 14.6 Å². The highest BCUT2D eigenvalue weighted by atomic mass is 16.4. The molecule has 3 aromatic rings. The number of hydrogen-bond acceptors (Lipinski definition) is 5. The Labute approximate surface area is 167 Å². The highest BCUT2D eigenvalue weighted by molar-refractivity contribution is 5.95. The Hall–Kier alpha value is -3.29. The van der Waals surface area contributed by atoms with Crippen molar-refractivity contribution in [2.24, 2.45) is 5.92 Å². The maximum atomic E-state index is 13.0. The molecule has 2 heterocycles. The topological polar surface area (TPSA) is 110 Å². The highest BCUT2D eigenvalue weighted by Crippen LogP contribution is 2.34. The van der Waals surface area contributed by atoms with Crippen molar-refractivity contribution in [1.29, 1.82) is 0 Å². The summed E-state index contributed by atoms with van der Waals surface area (Å²) >= 11 is 0. The van der Waals surface area contributed by atoms with Crippen molar-refractivity contribution in [2.45, 2.75) is 45.1 Å². The van der Waals surface area contributed by atoms with E-state index in [-0.39, 0.29) is 5.69 Å². The number of nitrogens with one attached hydrogen (secondary N) is 1. The molecule has 4 rings (SSSR count). The van der Waals surface area contributed by atoms with E-state index in [1.165, 1.54) is 0 Å². The van der Waals surface area contributed by atoms with Crippen LogP contribution in [0.4, 0.5) is 0 Å². The number of rotatable bonds is 4. The molecule has 0 radical (unpaired) electrons. The van der Waals surface area contributed by atoms with Gasteiger partial charge in [0.15, 0.2) is 5.69 Å². The number of carbonyl (C=O) groups excluding carboxylic acids is 1. The van der Waals surface area contributed by atoms with Crippen LogP contribution in [-0.2, 0) is 4.79 Å². The Kier molecular flexibility index (Phi) is 4.77. The lowest BCUT2D eigenvalue weighted by molar-refractivity contribution is -0.145. The number of amides is 1. The molecule has 1 aromatic carbocycles. The van der Waals surface area contributed by atoms with Crippen molar-refractivity contribution in [2.75, 3.05) is 0 Å². The summed E-state index contributed by atoms with van der Waals surface area (Å²) in [4.78, 5) is 28.8. The lowest BCUT2D eigenvalue weighted by Gasteiger charge is -2.39. The third-order valence-corrected chi connectivity index (χ3v) is 5.90. The average molecular weight is 393 g/mol. The molecule has 1 saturated carbocycles. The number of carboxylic acid groups (broad SMARTS) is 1. The van der Waals surface area contributed by atoms with E-state index in [0.29, 0.717) is 18.5 Å². The Morgan fingerprint density at radius 3 is 2.90 bits per heavy atom. The van der Waals surface area contributed by atoms with Gasteiger partial charge in [-0.2, -0.15) is 0 Å². The van der Waals surface area contributed by atoms with Gasteiger partial charge in [-0.05, 0) is 38.8 Å². The first kappa shape index (κ1) is 19.0. The maximum Gasteiger partial charge on any atom is 0.308 e. The van der Waals surface area contributed by atoms with Gasteiger partial charge in [0.2, 0.25) is 0 Å². The summed E-state index contributed by atoms with van der Waals surface area (Å²) < 4.78 is 1.63. The molecule has 1 aliphatic rings. The normalized spacial score (nSPS) is 21.8. The number of benzene rings is 1. The van der Waals surface area contributed by atoms with Gasteiger partial charge in [0.05, 0.1) is 22.8 Å². The van der Waals surface area contributed by atoms with Crippen LogP contribution in [0.15, 0.2) is 36.7 Å². The summed E-state index contributed by atoms with van der Waals surface area (Å²) in [6.45, 7) is 3.59. The van der Waals surface area contributed by atoms with Gasteiger partial charge in [0.25, 0.3) is 5.91 Å². The van der Waals surface area contributed by atoms with E-state index < -0.39 is 23.3 Å². The minimum absolute atomic E-state index is 0.201. The third kappa shape index (κ3) is 3.35. The van der Waals surface area contributed by atoms with Crippen LogP contribution < -0.4 is 5.32 Å². The second-order valence-corrected chi connectivity index (χ2v) is 7.82. The molecule has 150 valence electrons. The van der Waals surface area contributed by atoms with Crippen LogP contribution in [0.2, 0.25) is 0 Å². The lowest BCUT2D eigenvalue weighted by Crippen LogP contribution is -2.55. The second kappa shape index (κ2) is 7.27. The van der Waals surface area contributed by atoms with E-state index in [0.717, 1.165) is 29.3 Å². The molecule has 0 bridgehead atoms. The summed E-state index contributed by atoms with van der Waals surface area (Å²) in [6, 6.07) is 7.67. The predicted molar refractivity (Wildman–Crippen MR) is 107 cm³/mol. The van der Waals surface area contributed by atoms with Crippen LogP contribution >= 0.6 is 0 Å². The van der Waals surface area contributed by atoms with E-state index in [4.69, 9.17) is 0 Å². The van der Waals surface area contributed by atoms with Crippen molar-refractivity contribution < 1.29 is 14.7 Å². The molecular formula is C21H23N5O3. The van der Waals surface area contributed by atoms with Gasteiger partial charge in [-0.25, -0.2) is 4.68 Å². The second-order valence-electron chi connectivity index (χ2n) is 7.82. The number of carboxylic acids is 1. The van der Waals surface area contributed by atoms with E-state index in [1.807, 2.05) is 24.3 Å². The minimum atomic E-state index is -0.878. The van der Waals surface area contributed by atoms with Gasteiger partial charge >= 0.3 is 5.97 Å². The first-order valence-electron chi connectivity index (χ1n) is 9.71. The van der Waals surface area contributed by atoms with Crippen LogP contribution in [0.3, 0.4) is 0 Å². The molecule has 29 heavy (non-hydrogen) atoms. The monoisotopic (exact) mass is 393 g/mol. The highest BCUT2D eigenvalue weighted by Gasteiger charge is 2.42. The summed E-state index contributed by atoms with van der Waals surface area (Å²) in [5, 5.41) is 22.7. The van der Waals surface area contributed by atoms with Crippen molar-refractivity contribution in [1.82, 2.24) is 25.3 Å². The number of hydrogen-bond donors (Lipinski definition) is 2. The molecule has 1 fully saturated rings. The molecule has 2 N–H and O–H groups in total. The van der Waals surface area contributed by atoms with E-state index in [9.17, 15) is 14.7 Å². The molecule has 0 aliphatic heterocycles. The number of fused-ring (bicyclic) bond motifs is 1. The first-order chi connectivity index (χ1) is 13.9. The molecular weight excluding hydrogens is 370 g/mol. The fourth-order valence-electron chi connectivity index (χ4n) is 4.26. The van der Waals surface area contributed by atoms with Crippen molar-refractivity contribution >= 4 is 22.6 Å². The predicted octanol–water partition coefficient (Wildman–Crippen LogP) is 2.89. The zero-order valence-electron chi connectivity index (χ0n) is 16.4. The van der Waals surface area contributed by atoms with Crippen molar-refractivity contribution in [3.8, 4) is 5.69 Å². The maximum absolute atomic E-state index is 13.0. The van der Waals surface area contributed by atoms with Crippen LogP contribution in [0.25, 0.3) is 16.5 Å². The number of aliphatic carboxylic acids is 1. The Morgan fingerprint density at radius 1 is 1.28 bits per heavy atom. The summed E-state index contributed by atoms with van der Waals surface area (Å²) in [6.07, 6.45) is 6.40. The summed E-state index contributed by atoms with van der Waals surface area (Å²) in [5.74, 6) is -1.88. The summed E-state index contributed by atoms with van der Waals surface area (Å²) in [7, 11) is 0. The Balaban J connectivity index is 1.66. The molecule has 1 aliphatic carbocycles. The fraction of sp³-hybridized carbons (Fsp3) is 0.381. The Morgan fingerprint density at radius 2 is 2.10 bits per heavy atom. The molecule has 2 aromatic heterocycles. The van der Waals surface area contributed by atoms with E-state index in [2.05, 4.69) is 20.6 Å². The van der Waals surface area contributed by atoms with Gasteiger partial charge in [0, 0.05) is 23.2 Å². The third-order valence-electron chi connectivity index (χ3n) is 5.90. The average Bonchev–Trinajstić information content (AvgIpc) is 3.08. The molecule has 0 saturated heterocycles. The largest absolute Gasteiger partial charge is 0.481 e.